The average Bonchev–Trinajstić information content (AvgIpc) is 3.94. The normalized spacial score (nSPS) is 17.1. The van der Waals surface area contributed by atoms with Crippen molar-refractivity contribution >= 4 is 49.1 Å². The van der Waals surface area contributed by atoms with Crippen LogP contribution in [0.2, 0.25) is 28.2 Å². The van der Waals surface area contributed by atoms with E-state index in [1.807, 2.05) is 43.3 Å². The Kier molecular flexibility index (Phi) is 11.6. The molecule has 2 aliphatic heterocycles. The topological polar surface area (TPSA) is 119 Å². The predicted molar refractivity (Wildman–Crippen MR) is 226 cm³/mol. The SMILES string of the molecule is COC(=O)C1(CN2CCc3c(C)cc(C(=O)Nc4cccc(-c5cccc(-c6cnc(CN7CC(O[Si](C)(C)C(C)(C)C)C7)c(OC)n6)c5Cl)c4Cl)nc3C2)CC1. The van der Waals surface area contributed by atoms with Crippen LogP contribution in [0.1, 0.15) is 66.6 Å². The smallest absolute Gasteiger partial charge is 0.313 e. The van der Waals surface area contributed by atoms with Gasteiger partial charge in [0.1, 0.15) is 11.4 Å². The molecule has 1 aliphatic carbocycles. The summed E-state index contributed by atoms with van der Waals surface area (Å²) in [6.07, 6.45) is 4.41. The molecule has 11 nitrogen and oxygen atoms in total. The summed E-state index contributed by atoms with van der Waals surface area (Å²) in [4.78, 5) is 45.1. The molecule has 57 heavy (non-hydrogen) atoms. The molecule has 2 fully saturated rings. The number of anilines is 1. The first-order valence-corrected chi connectivity index (χ1v) is 23.2. The first-order valence-electron chi connectivity index (χ1n) is 19.5. The fourth-order valence-electron chi connectivity index (χ4n) is 7.56. The minimum atomic E-state index is -1.83. The number of hydrogen-bond acceptors (Lipinski definition) is 10. The Morgan fingerprint density at radius 2 is 1.67 bits per heavy atom. The molecule has 0 unspecified atom stereocenters. The van der Waals surface area contributed by atoms with Crippen molar-refractivity contribution in [1.82, 2.24) is 24.8 Å². The first-order chi connectivity index (χ1) is 27.0. The number of amides is 1. The number of carbonyl (C=O) groups excluding carboxylic acids is 2. The van der Waals surface area contributed by atoms with Gasteiger partial charge in [0.15, 0.2) is 8.32 Å². The van der Waals surface area contributed by atoms with Crippen LogP contribution in [0.15, 0.2) is 48.7 Å². The van der Waals surface area contributed by atoms with Gasteiger partial charge < -0.3 is 19.2 Å². The van der Waals surface area contributed by atoms with Crippen LogP contribution in [0, 0.1) is 12.3 Å². The number of aryl methyl sites for hydroxylation is 1. The van der Waals surface area contributed by atoms with E-state index < -0.39 is 13.7 Å². The first kappa shape index (κ1) is 41.3. The van der Waals surface area contributed by atoms with Gasteiger partial charge in [-0.2, -0.15) is 0 Å². The van der Waals surface area contributed by atoms with Crippen molar-refractivity contribution in [3.05, 3.63) is 86.9 Å². The number of halogens is 2. The van der Waals surface area contributed by atoms with E-state index in [9.17, 15) is 9.59 Å². The Morgan fingerprint density at radius 3 is 2.33 bits per heavy atom. The molecule has 1 N–H and O–H groups in total. The van der Waals surface area contributed by atoms with Crippen LogP contribution in [0.25, 0.3) is 22.4 Å². The number of benzene rings is 2. The molecule has 1 amide bonds. The van der Waals surface area contributed by atoms with Crippen molar-refractivity contribution in [2.45, 2.75) is 84.3 Å². The van der Waals surface area contributed by atoms with E-state index in [1.165, 1.54) is 7.11 Å². The van der Waals surface area contributed by atoms with Crippen molar-refractivity contribution in [2.24, 2.45) is 5.41 Å². The molecule has 2 aromatic carbocycles. The van der Waals surface area contributed by atoms with Crippen LogP contribution in [0.3, 0.4) is 0 Å². The Bertz CT molecular complexity index is 2200. The summed E-state index contributed by atoms with van der Waals surface area (Å²) in [6.45, 7) is 17.7. The zero-order chi connectivity index (χ0) is 40.9. The summed E-state index contributed by atoms with van der Waals surface area (Å²) < 4.78 is 17.4. The Hall–Kier alpha value is -3.91. The van der Waals surface area contributed by atoms with Crippen molar-refractivity contribution in [1.29, 1.82) is 0 Å². The molecule has 2 aromatic heterocycles. The van der Waals surface area contributed by atoms with Gasteiger partial charge in [-0.3, -0.25) is 24.4 Å². The highest BCUT2D eigenvalue weighted by molar-refractivity contribution is 6.74. The molecule has 4 aromatic rings. The van der Waals surface area contributed by atoms with Crippen molar-refractivity contribution in [2.75, 3.05) is 45.7 Å². The molecule has 14 heteroatoms. The van der Waals surface area contributed by atoms with Gasteiger partial charge in [-0.1, -0.05) is 74.3 Å². The molecule has 1 saturated heterocycles. The molecule has 0 bridgehead atoms. The van der Waals surface area contributed by atoms with Crippen LogP contribution in [-0.2, 0) is 33.5 Å². The minimum Gasteiger partial charge on any atom is -0.480 e. The fourth-order valence-corrected chi connectivity index (χ4v) is 9.50. The number of hydrogen-bond donors (Lipinski definition) is 1. The Morgan fingerprint density at radius 1 is 0.982 bits per heavy atom. The summed E-state index contributed by atoms with van der Waals surface area (Å²) in [5, 5.41) is 3.93. The molecule has 0 atom stereocenters. The lowest BCUT2D eigenvalue weighted by molar-refractivity contribution is -0.148. The number of carbonyl (C=O) groups is 2. The minimum absolute atomic E-state index is 0.153. The highest BCUT2D eigenvalue weighted by Gasteiger charge is 2.52. The molecule has 302 valence electrons. The number of nitrogens with zero attached hydrogens (tertiary/aromatic N) is 5. The lowest BCUT2D eigenvalue weighted by Gasteiger charge is -2.46. The highest BCUT2D eigenvalue weighted by Crippen LogP contribution is 2.48. The van der Waals surface area contributed by atoms with Gasteiger partial charge >= 0.3 is 5.97 Å². The second-order valence-electron chi connectivity index (χ2n) is 17.2. The van der Waals surface area contributed by atoms with Gasteiger partial charge in [-0.25, -0.2) is 9.97 Å². The summed E-state index contributed by atoms with van der Waals surface area (Å²) in [5.41, 5.74) is 6.62. The van der Waals surface area contributed by atoms with Crippen molar-refractivity contribution in [3.63, 3.8) is 0 Å². The Balaban J connectivity index is 1.05. The number of ether oxygens (including phenoxy) is 2. The summed E-state index contributed by atoms with van der Waals surface area (Å²) in [6, 6.07) is 12.9. The standard InChI is InChI=1S/C43H52Cl2N6O5Si/c1-26-19-33(47-35-23-50(18-15-28(26)35)25-43(16-17-43)41(53)55-6)39(52)48-32-14-10-12-30(38(32)45)29-11-9-13-31(37(29)44)34-20-46-36(40(49-34)54-5)24-51-21-27(22-51)56-57(7,8)42(2,3)4/h9-14,19-20,27H,15-18,21-25H2,1-8H3,(H,48,52). The van der Waals surface area contributed by atoms with E-state index in [0.717, 1.165) is 61.4 Å². The molecule has 3 aliphatic rings. The number of fused-ring (bicyclic) bond motifs is 1. The van der Waals surface area contributed by atoms with E-state index in [1.54, 1.807) is 19.4 Å². The maximum atomic E-state index is 13.7. The van der Waals surface area contributed by atoms with E-state index in [2.05, 4.69) is 49.0 Å². The maximum absolute atomic E-state index is 13.7. The number of aromatic nitrogens is 3. The third-order valence-electron chi connectivity index (χ3n) is 12.1. The van der Waals surface area contributed by atoms with Crippen molar-refractivity contribution < 1.29 is 23.5 Å². The van der Waals surface area contributed by atoms with E-state index in [4.69, 9.17) is 52.1 Å². The number of likely N-dealkylation sites (tertiary alicyclic amines) is 1. The molecule has 7 rings (SSSR count). The quantitative estimate of drug-likeness (QED) is 0.110. The number of pyridine rings is 1. The molecule has 4 heterocycles. The zero-order valence-electron chi connectivity index (χ0n) is 34.1. The largest absolute Gasteiger partial charge is 0.480 e. The van der Waals surface area contributed by atoms with Crippen LogP contribution in [-0.4, -0.2) is 91.4 Å². The third kappa shape index (κ3) is 8.49. The Labute approximate surface area is 346 Å². The molecule has 1 saturated carbocycles. The predicted octanol–water partition coefficient (Wildman–Crippen LogP) is 8.60. The lowest BCUT2D eigenvalue weighted by Crippen LogP contribution is -2.57. The van der Waals surface area contributed by atoms with Gasteiger partial charge in [0.2, 0.25) is 5.88 Å². The number of esters is 1. The van der Waals surface area contributed by atoms with E-state index in [-0.39, 0.29) is 23.0 Å². The van der Waals surface area contributed by atoms with Gasteiger partial charge in [0.05, 0.1) is 59.1 Å². The molecule has 0 radical (unpaired) electrons. The second kappa shape index (κ2) is 16.0. The molecule has 0 spiro atoms. The summed E-state index contributed by atoms with van der Waals surface area (Å²) >= 11 is 14.1. The van der Waals surface area contributed by atoms with Gasteiger partial charge in [-0.15, -0.1) is 0 Å². The highest BCUT2D eigenvalue weighted by atomic mass is 35.5. The van der Waals surface area contributed by atoms with E-state index in [0.29, 0.717) is 69.3 Å². The molecular formula is C43H52Cl2N6O5Si. The second-order valence-corrected chi connectivity index (χ2v) is 22.7. The van der Waals surface area contributed by atoms with Gasteiger partial charge in [0, 0.05) is 56.0 Å². The van der Waals surface area contributed by atoms with Crippen LogP contribution in [0.4, 0.5) is 5.69 Å². The average molecular weight is 832 g/mol. The maximum Gasteiger partial charge on any atom is 0.313 e. The van der Waals surface area contributed by atoms with Gasteiger partial charge in [-0.05, 0) is 67.6 Å². The number of methoxy groups -OCH3 is 2. The number of rotatable bonds is 12. The number of nitrogens with one attached hydrogen (secondary N) is 1. The van der Waals surface area contributed by atoms with Crippen molar-refractivity contribution in [3.8, 4) is 28.3 Å². The van der Waals surface area contributed by atoms with Crippen LogP contribution >= 0.6 is 23.2 Å². The monoisotopic (exact) mass is 830 g/mol. The third-order valence-corrected chi connectivity index (χ3v) is 17.4. The zero-order valence-corrected chi connectivity index (χ0v) is 36.6. The lowest BCUT2D eigenvalue weighted by atomic mass is 9.97. The van der Waals surface area contributed by atoms with Crippen LogP contribution in [0.5, 0.6) is 5.88 Å². The summed E-state index contributed by atoms with van der Waals surface area (Å²) in [5.74, 6) is -0.0816. The van der Waals surface area contributed by atoms with E-state index >= 15 is 0 Å². The summed E-state index contributed by atoms with van der Waals surface area (Å²) in [7, 11) is 1.21. The fraction of sp³-hybridized carbons (Fsp3) is 0.465. The van der Waals surface area contributed by atoms with Gasteiger partial charge in [0.25, 0.3) is 5.91 Å². The molecular weight excluding hydrogens is 780 g/mol. The van der Waals surface area contributed by atoms with Crippen LogP contribution < -0.4 is 10.1 Å².